The van der Waals surface area contributed by atoms with Crippen LogP contribution in [0, 0.1) is 5.41 Å². The predicted octanol–water partition coefficient (Wildman–Crippen LogP) is 2.32. The monoisotopic (exact) mass is 258 g/mol. The van der Waals surface area contributed by atoms with Crippen molar-refractivity contribution in [3.05, 3.63) is 0 Å². The van der Waals surface area contributed by atoms with E-state index in [1.807, 2.05) is 0 Å². The van der Waals surface area contributed by atoms with Crippen molar-refractivity contribution >= 4 is 12.0 Å². The first-order valence-corrected chi connectivity index (χ1v) is 6.61. The van der Waals surface area contributed by atoms with E-state index < -0.39 is 5.97 Å². The molecular formula is C13H26N2O3. The van der Waals surface area contributed by atoms with Gasteiger partial charge in [-0.05, 0) is 24.7 Å². The van der Waals surface area contributed by atoms with Gasteiger partial charge in [0.15, 0.2) is 0 Å². The average Bonchev–Trinajstić information content (AvgIpc) is 2.37. The lowest BCUT2D eigenvalue weighted by atomic mass is 9.80. The maximum atomic E-state index is 11.8. The Bertz CT molecular complexity index is 267. The van der Waals surface area contributed by atoms with E-state index in [0.29, 0.717) is 6.54 Å². The molecule has 0 aromatic heterocycles. The lowest BCUT2D eigenvalue weighted by Crippen LogP contribution is -2.43. The van der Waals surface area contributed by atoms with Gasteiger partial charge in [0.1, 0.15) is 0 Å². The highest BCUT2D eigenvalue weighted by Gasteiger charge is 2.24. The highest BCUT2D eigenvalue weighted by atomic mass is 16.4. The first kappa shape index (κ1) is 16.7. The van der Waals surface area contributed by atoms with Gasteiger partial charge < -0.3 is 15.3 Å². The summed E-state index contributed by atoms with van der Waals surface area (Å²) in [6.45, 7) is 7.28. The molecule has 0 bridgehead atoms. The molecule has 5 heteroatoms. The largest absolute Gasteiger partial charge is 0.481 e. The number of carboxylic acids is 1. The molecule has 0 spiro atoms. The smallest absolute Gasteiger partial charge is 0.317 e. The summed E-state index contributed by atoms with van der Waals surface area (Å²) in [6, 6.07) is -0.198. The lowest BCUT2D eigenvalue weighted by Gasteiger charge is -2.31. The van der Waals surface area contributed by atoms with Crippen LogP contribution in [0.25, 0.3) is 0 Å². The molecule has 0 aliphatic carbocycles. The predicted molar refractivity (Wildman–Crippen MR) is 71.6 cm³/mol. The SMILES string of the molecule is CCC(CC)(CC)CNC(=O)N(C)CCC(=O)O. The topological polar surface area (TPSA) is 69.6 Å². The van der Waals surface area contributed by atoms with E-state index in [1.165, 1.54) is 4.90 Å². The molecule has 2 amide bonds. The highest BCUT2D eigenvalue weighted by Crippen LogP contribution is 2.29. The molecule has 0 unspecified atom stereocenters. The van der Waals surface area contributed by atoms with Gasteiger partial charge in [-0.3, -0.25) is 4.79 Å². The molecule has 0 fully saturated rings. The number of hydrogen-bond donors (Lipinski definition) is 2. The van der Waals surface area contributed by atoms with Crippen LogP contribution in [-0.2, 0) is 4.79 Å². The highest BCUT2D eigenvalue weighted by molar-refractivity contribution is 5.75. The lowest BCUT2D eigenvalue weighted by molar-refractivity contribution is -0.137. The fourth-order valence-electron chi connectivity index (χ4n) is 1.89. The number of nitrogens with zero attached hydrogens (tertiary/aromatic N) is 1. The number of amides is 2. The number of urea groups is 1. The van der Waals surface area contributed by atoms with Crippen LogP contribution in [-0.4, -0.2) is 42.1 Å². The Kier molecular flexibility index (Phi) is 7.39. The maximum Gasteiger partial charge on any atom is 0.317 e. The van der Waals surface area contributed by atoms with Gasteiger partial charge >= 0.3 is 12.0 Å². The Balaban J connectivity index is 4.19. The van der Waals surface area contributed by atoms with Crippen LogP contribution in [0.1, 0.15) is 46.5 Å². The van der Waals surface area contributed by atoms with Gasteiger partial charge in [0.25, 0.3) is 0 Å². The van der Waals surface area contributed by atoms with Gasteiger partial charge in [-0.15, -0.1) is 0 Å². The molecule has 0 aromatic rings. The summed E-state index contributed by atoms with van der Waals surface area (Å²) < 4.78 is 0. The molecule has 0 aromatic carbocycles. The molecule has 0 aliphatic rings. The summed E-state index contributed by atoms with van der Waals surface area (Å²) in [5.41, 5.74) is 0.156. The van der Waals surface area contributed by atoms with Crippen molar-refractivity contribution in [2.75, 3.05) is 20.1 Å². The molecule has 0 saturated heterocycles. The minimum absolute atomic E-state index is 0.0234. The molecule has 18 heavy (non-hydrogen) atoms. The van der Waals surface area contributed by atoms with E-state index in [2.05, 4.69) is 26.1 Å². The van der Waals surface area contributed by atoms with E-state index in [4.69, 9.17) is 5.11 Å². The van der Waals surface area contributed by atoms with Crippen molar-refractivity contribution in [1.82, 2.24) is 10.2 Å². The van der Waals surface area contributed by atoms with Crippen molar-refractivity contribution in [2.24, 2.45) is 5.41 Å². The number of carboxylic acid groups (broad SMARTS) is 1. The zero-order chi connectivity index (χ0) is 14.2. The van der Waals surface area contributed by atoms with Gasteiger partial charge in [-0.2, -0.15) is 0 Å². The van der Waals surface area contributed by atoms with Crippen molar-refractivity contribution in [3.8, 4) is 0 Å². The number of rotatable bonds is 8. The fourth-order valence-corrected chi connectivity index (χ4v) is 1.89. The second-order valence-corrected chi connectivity index (χ2v) is 4.78. The minimum atomic E-state index is -0.889. The summed E-state index contributed by atoms with van der Waals surface area (Å²) in [6.07, 6.45) is 3.06. The Morgan fingerprint density at radius 2 is 1.67 bits per heavy atom. The average molecular weight is 258 g/mol. The van der Waals surface area contributed by atoms with E-state index in [-0.39, 0.29) is 24.4 Å². The first-order valence-electron chi connectivity index (χ1n) is 6.61. The van der Waals surface area contributed by atoms with Crippen LogP contribution in [0.4, 0.5) is 4.79 Å². The van der Waals surface area contributed by atoms with E-state index in [0.717, 1.165) is 19.3 Å². The summed E-state index contributed by atoms with van der Waals surface area (Å²) in [4.78, 5) is 23.6. The van der Waals surface area contributed by atoms with Crippen molar-refractivity contribution in [3.63, 3.8) is 0 Å². The molecule has 106 valence electrons. The second-order valence-electron chi connectivity index (χ2n) is 4.78. The minimum Gasteiger partial charge on any atom is -0.481 e. The number of aliphatic carboxylic acids is 1. The molecule has 0 rings (SSSR count). The second kappa shape index (κ2) is 7.95. The van der Waals surface area contributed by atoms with Crippen LogP contribution in [0.5, 0.6) is 0 Å². The number of carbonyl (C=O) groups excluding carboxylic acids is 1. The Hall–Kier alpha value is -1.26. The summed E-state index contributed by atoms with van der Waals surface area (Å²) in [7, 11) is 1.61. The zero-order valence-corrected chi connectivity index (χ0v) is 12.0. The molecule has 0 saturated carbocycles. The molecule has 0 aliphatic heterocycles. The summed E-state index contributed by atoms with van der Waals surface area (Å²) >= 11 is 0. The standard InChI is InChI=1S/C13H26N2O3/c1-5-13(6-2,7-3)10-14-12(18)15(4)9-8-11(16)17/h5-10H2,1-4H3,(H,14,18)(H,16,17). The molecular weight excluding hydrogens is 232 g/mol. The Morgan fingerprint density at radius 1 is 1.17 bits per heavy atom. The number of carbonyl (C=O) groups is 2. The third-order valence-corrected chi connectivity index (χ3v) is 3.87. The van der Waals surface area contributed by atoms with Gasteiger partial charge in [-0.25, -0.2) is 4.79 Å². The maximum absolute atomic E-state index is 11.8. The third kappa shape index (κ3) is 5.38. The van der Waals surface area contributed by atoms with Gasteiger partial charge in [-0.1, -0.05) is 20.8 Å². The summed E-state index contributed by atoms with van der Waals surface area (Å²) in [5.74, 6) is -0.889. The van der Waals surface area contributed by atoms with Gasteiger partial charge in [0.2, 0.25) is 0 Å². The molecule has 0 atom stereocenters. The van der Waals surface area contributed by atoms with Crippen LogP contribution in [0.15, 0.2) is 0 Å². The van der Waals surface area contributed by atoms with Gasteiger partial charge in [0.05, 0.1) is 6.42 Å². The van der Waals surface area contributed by atoms with Crippen molar-refractivity contribution in [2.45, 2.75) is 46.5 Å². The summed E-state index contributed by atoms with van der Waals surface area (Å²) in [5, 5.41) is 11.5. The van der Waals surface area contributed by atoms with Gasteiger partial charge in [0, 0.05) is 20.1 Å². The van der Waals surface area contributed by atoms with Crippen molar-refractivity contribution in [1.29, 1.82) is 0 Å². The van der Waals surface area contributed by atoms with Crippen LogP contribution < -0.4 is 5.32 Å². The Morgan fingerprint density at radius 3 is 2.06 bits per heavy atom. The van der Waals surface area contributed by atoms with Crippen LogP contribution in [0.3, 0.4) is 0 Å². The fraction of sp³-hybridized carbons (Fsp3) is 0.846. The first-order chi connectivity index (χ1) is 8.40. The normalized spacial score (nSPS) is 11.1. The van der Waals surface area contributed by atoms with Crippen molar-refractivity contribution < 1.29 is 14.7 Å². The molecule has 5 nitrogen and oxygen atoms in total. The Labute approximate surface area is 110 Å². The molecule has 0 radical (unpaired) electrons. The zero-order valence-electron chi connectivity index (χ0n) is 12.0. The van der Waals surface area contributed by atoms with Crippen LogP contribution in [0.2, 0.25) is 0 Å². The molecule has 0 heterocycles. The van der Waals surface area contributed by atoms with Crippen LogP contribution >= 0.6 is 0 Å². The van der Waals surface area contributed by atoms with E-state index >= 15 is 0 Å². The van der Waals surface area contributed by atoms with E-state index in [1.54, 1.807) is 7.05 Å². The number of nitrogens with one attached hydrogen (secondary N) is 1. The van der Waals surface area contributed by atoms with E-state index in [9.17, 15) is 9.59 Å². The molecule has 2 N–H and O–H groups in total. The number of hydrogen-bond acceptors (Lipinski definition) is 2. The third-order valence-electron chi connectivity index (χ3n) is 3.87. The quantitative estimate of drug-likeness (QED) is 0.702.